The molecule has 2 aliphatic rings. The SMILES string of the molecule is O=C(CCNC1CCc2cc(O)ccc21)NC1CC1. The quantitative estimate of drug-likeness (QED) is 0.754. The van der Waals surface area contributed by atoms with Gasteiger partial charge in [0, 0.05) is 25.0 Å². The van der Waals surface area contributed by atoms with Crippen LogP contribution in [0.5, 0.6) is 5.75 Å². The van der Waals surface area contributed by atoms with Crippen molar-refractivity contribution in [2.24, 2.45) is 0 Å². The average molecular weight is 260 g/mol. The molecular formula is C15H20N2O2. The molecular weight excluding hydrogens is 240 g/mol. The van der Waals surface area contributed by atoms with Gasteiger partial charge in [0.1, 0.15) is 5.75 Å². The molecule has 0 bridgehead atoms. The standard InChI is InChI=1S/C15H20N2O2/c18-12-4-5-13-10(9-12)1-6-14(13)16-8-7-15(19)17-11-2-3-11/h4-5,9,11,14,16,18H,1-3,6-8H2,(H,17,19). The van der Waals surface area contributed by atoms with Crippen molar-refractivity contribution in [2.45, 2.75) is 44.2 Å². The number of aryl methyl sites for hydroxylation is 1. The van der Waals surface area contributed by atoms with Gasteiger partial charge in [0.2, 0.25) is 5.91 Å². The fraction of sp³-hybridized carbons (Fsp3) is 0.533. The van der Waals surface area contributed by atoms with E-state index in [2.05, 4.69) is 10.6 Å². The van der Waals surface area contributed by atoms with Crippen LogP contribution in [0.1, 0.15) is 42.9 Å². The van der Waals surface area contributed by atoms with Crippen LogP contribution in [0.25, 0.3) is 0 Å². The summed E-state index contributed by atoms with van der Waals surface area (Å²) in [5.74, 6) is 0.488. The van der Waals surface area contributed by atoms with Gasteiger partial charge in [0.15, 0.2) is 0 Å². The number of nitrogens with one attached hydrogen (secondary N) is 2. The number of aromatic hydroxyl groups is 1. The minimum absolute atomic E-state index is 0.152. The highest BCUT2D eigenvalue weighted by atomic mass is 16.3. The van der Waals surface area contributed by atoms with Gasteiger partial charge in [0.05, 0.1) is 0 Å². The van der Waals surface area contributed by atoms with Crippen LogP contribution in [0.2, 0.25) is 0 Å². The predicted molar refractivity (Wildman–Crippen MR) is 73.0 cm³/mol. The Morgan fingerprint density at radius 3 is 2.95 bits per heavy atom. The monoisotopic (exact) mass is 260 g/mol. The number of phenolic OH excluding ortho intramolecular Hbond substituents is 1. The van der Waals surface area contributed by atoms with E-state index >= 15 is 0 Å². The lowest BCUT2D eigenvalue weighted by Gasteiger charge is -2.14. The molecule has 0 aliphatic heterocycles. The summed E-state index contributed by atoms with van der Waals surface area (Å²) < 4.78 is 0. The highest BCUT2D eigenvalue weighted by molar-refractivity contribution is 5.76. The summed E-state index contributed by atoms with van der Waals surface area (Å²) in [5.41, 5.74) is 2.49. The maximum atomic E-state index is 11.6. The Morgan fingerprint density at radius 2 is 2.16 bits per heavy atom. The van der Waals surface area contributed by atoms with Crippen LogP contribution in [0.3, 0.4) is 0 Å². The first-order chi connectivity index (χ1) is 9.22. The zero-order valence-corrected chi connectivity index (χ0v) is 11.0. The molecule has 1 aromatic rings. The van der Waals surface area contributed by atoms with Crippen molar-refractivity contribution in [1.82, 2.24) is 10.6 Å². The smallest absolute Gasteiger partial charge is 0.221 e. The molecule has 0 spiro atoms. The van der Waals surface area contributed by atoms with Crippen LogP contribution >= 0.6 is 0 Å². The number of phenols is 1. The Balaban J connectivity index is 1.48. The number of hydrogen-bond acceptors (Lipinski definition) is 3. The van der Waals surface area contributed by atoms with Crippen molar-refractivity contribution in [3.63, 3.8) is 0 Å². The van der Waals surface area contributed by atoms with Crippen LogP contribution in [-0.4, -0.2) is 23.6 Å². The van der Waals surface area contributed by atoms with Crippen LogP contribution in [0, 0.1) is 0 Å². The Morgan fingerprint density at radius 1 is 1.32 bits per heavy atom. The summed E-state index contributed by atoms with van der Waals surface area (Å²) >= 11 is 0. The summed E-state index contributed by atoms with van der Waals surface area (Å²) in [6, 6.07) is 6.33. The number of amides is 1. The van der Waals surface area contributed by atoms with Crippen molar-refractivity contribution < 1.29 is 9.90 Å². The van der Waals surface area contributed by atoms with Gasteiger partial charge >= 0.3 is 0 Å². The highest BCUT2D eigenvalue weighted by Gasteiger charge is 2.24. The number of rotatable bonds is 5. The van der Waals surface area contributed by atoms with E-state index in [1.165, 1.54) is 11.1 Å². The van der Waals surface area contributed by atoms with Gasteiger partial charge in [-0.05, 0) is 48.9 Å². The van der Waals surface area contributed by atoms with E-state index in [-0.39, 0.29) is 5.91 Å². The Kier molecular flexibility index (Phi) is 3.42. The first-order valence-electron chi connectivity index (χ1n) is 7.07. The van der Waals surface area contributed by atoms with Crippen LogP contribution in [0.4, 0.5) is 0 Å². The summed E-state index contributed by atoms with van der Waals surface area (Å²) in [7, 11) is 0. The van der Waals surface area contributed by atoms with Crippen molar-refractivity contribution in [2.75, 3.05) is 6.54 Å². The van der Waals surface area contributed by atoms with Gasteiger partial charge in [-0.25, -0.2) is 0 Å². The van der Waals surface area contributed by atoms with Crippen LogP contribution in [-0.2, 0) is 11.2 Å². The zero-order valence-electron chi connectivity index (χ0n) is 11.0. The number of carbonyl (C=O) groups excluding carboxylic acids is 1. The summed E-state index contributed by atoms with van der Waals surface area (Å²) in [4.78, 5) is 11.6. The molecule has 1 atom stereocenters. The third-order valence-corrected chi connectivity index (χ3v) is 3.89. The molecule has 4 heteroatoms. The molecule has 4 nitrogen and oxygen atoms in total. The van der Waals surface area contributed by atoms with Crippen LogP contribution < -0.4 is 10.6 Å². The van der Waals surface area contributed by atoms with Crippen molar-refractivity contribution in [3.8, 4) is 5.75 Å². The van der Waals surface area contributed by atoms with Gasteiger partial charge < -0.3 is 15.7 Å². The predicted octanol–water partition coefficient (Wildman–Crippen LogP) is 1.64. The molecule has 1 amide bonds. The van der Waals surface area contributed by atoms with Crippen molar-refractivity contribution in [1.29, 1.82) is 0 Å². The third-order valence-electron chi connectivity index (χ3n) is 3.89. The molecule has 1 saturated carbocycles. The van der Waals surface area contributed by atoms with E-state index in [0.717, 1.165) is 25.7 Å². The molecule has 1 fully saturated rings. The fourth-order valence-electron chi connectivity index (χ4n) is 2.70. The molecule has 0 radical (unpaired) electrons. The Hall–Kier alpha value is -1.55. The molecule has 19 heavy (non-hydrogen) atoms. The number of fused-ring (bicyclic) bond motifs is 1. The minimum Gasteiger partial charge on any atom is -0.508 e. The number of benzene rings is 1. The first-order valence-corrected chi connectivity index (χ1v) is 7.07. The van der Waals surface area contributed by atoms with Crippen LogP contribution in [0.15, 0.2) is 18.2 Å². The third kappa shape index (κ3) is 3.07. The highest BCUT2D eigenvalue weighted by Crippen LogP contribution is 2.33. The second kappa shape index (κ2) is 5.21. The molecule has 3 rings (SSSR count). The van der Waals surface area contributed by atoms with Gasteiger partial charge in [0.25, 0.3) is 0 Å². The molecule has 1 aromatic carbocycles. The molecule has 0 saturated heterocycles. The lowest BCUT2D eigenvalue weighted by Crippen LogP contribution is -2.30. The van der Waals surface area contributed by atoms with E-state index in [0.29, 0.717) is 30.8 Å². The largest absolute Gasteiger partial charge is 0.508 e. The Bertz CT molecular complexity index is 483. The number of carbonyl (C=O) groups is 1. The van der Waals surface area contributed by atoms with Crippen molar-refractivity contribution >= 4 is 5.91 Å². The van der Waals surface area contributed by atoms with E-state index < -0.39 is 0 Å². The molecule has 0 aromatic heterocycles. The number of hydrogen-bond donors (Lipinski definition) is 3. The first kappa shape index (κ1) is 12.5. The average Bonchev–Trinajstić information content (AvgIpc) is 3.10. The summed E-state index contributed by atoms with van der Waals surface area (Å²) in [6.45, 7) is 0.712. The van der Waals surface area contributed by atoms with E-state index in [4.69, 9.17) is 0 Å². The van der Waals surface area contributed by atoms with Gasteiger partial charge in [-0.3, -0.25) is 4.79 Å². The normalized spacial score (nSPS) is 21.2. The summed E-state index contributed by atoms with van der Waals surface area (Å²) in [6.07, 6.45) is 4.86. The van der Waals surface area contributed by atoms with E-state index in [1.807, 2.05) is 12.1 Å². The van der Waals surface area contributed by atoms with Gasteiger partial charge in [-0.2, -0.15) is 0 Å². The second-order valence-corrected chi connectivity index (χ2v) is 5.52. The molecule has 0 heterocycles. The molecule has 102 valence electrons. The van der Waals surface area contributed by atoms with E-state index in [1.54, 1.807) is 6.07 Å². The van der Waals surface area contributed by atoms with Gasteiger partial charge in [-0.15, -0.1) is 0 Å². The topological polar surface area (TPSA) is 61.4 Å². The zero-order chi connectivity index (χ0) is 13.2. The second-order valence-electron chi connectivity index (χ2n) is 5.52. The fourth-order valence-corrected chi connectivity index (χ4v) is 2.70. The molecule has 3 N–H and O–H groups in total. The maximum Gasteiger partial charge on any atom is 0.221 e. The lowest BCUT2D eigenvalue weighted by molar-refractivity contribution is -0.121. The maximum absolute atomic E-state index is 11.6. The van der Waals surface area contributed by atoms with Crippen molar-refractivity contribution in [3.05, 3.63) is 29.3 Å². The van der Waals surface area contributed by atoms with E-state index in [9.17, 15) is 9.90 Å². The summed E-state index contributed by atoms with van der Waals surface area (Å²) in [5, 5.41) is 15.9. The minimum atomic E-state index is 0.152. The molecule has 1 unspecified atom stereocenters. The molecule has 2 aliphatic carbocycles. The van der Waals surface area contributed by atoms with Gasteiger partial charge in [-0.1, -0.05) is 6.07 Å². The Labute approximate surface area is 113 Å². The lowest BCUT2D eigenvalue weighted by atomic mass is 10.1.